The lowest BCUT2D eigenvalue weighted by Crippen LogP contribution is -2.38. The quantitative estimate of drug-likeness (QED) is 0.537. The predicted molar refractivity (Wildman–Crippen MR) is 128 cm³/mol. The zero-order chi connectivity index (χ0) is 23.3. The number of hydrogen-bond donors (Lipinski definition) is 1. The largest absolute Gasteiger partial charge is 0.495 e. The van der Waals surface area contributed by atoms with E-state index in [9.17, 15) is 13.2 Å². The molecule has 3 aromatic carbocycles. The van der Waals surface area contributed by atoms with Crippen LogP contribution in [0.2, 0.25) is 0 Å². The minimum atomic E-state index is -4.08. The molecule has 1 amide bonds. The fourth-order valence-electron chi connectivity index (χ4n) is 3.29. The molecule has 0 unspecified atom stereocenters. The number of hydrogen-bond acceptors (Lipinski definition) is 4. The van der Waals surface area contributed by atoms with Gasteiger partial charge in [-0.2, -0.15) is 0 Å². The summed E-state index contributed by atoms with van der Waals surface area (Å²) in [6, 6.07) is 19.4. The number of carbonyl (C=O) groups is 1. The second-order valence-corrected chi connectivity index (χ2v) is 9.43. The van der Waals surface area contributed by atoms with Gasteiger partial charge in [-0.1, -0.05) is 42.8 Å². The van der Waals surface area contributed by atoms with Gasteiger partial charge in [0.1, 0.15) is 17.2 Å². The smallest absolute Gasteiger partial charge is 0.268 e. The Morgan fingerprint density at radius 1 is 0.938 bits per heavy atom. The highest BCUT2D eigenvalue weighted by Crippen LogP contribution is 2.31. The molecule has 6 nitrogen and oxygen atoms in total. The molecule has 0 saturated heterocycles. The van der Waals surface area contributed by atoms with Crippen LogP contribution in [0.25, 0.3) is 0 Å². The van der Waals surface area contributed by atoms with Crippen LogP contribution in [0.15, 0.2) is 71.6 Å². The van der Waals surface area contributed by atoms with Crippen molar-refractivity contribution in [3.05, 3.63) is 83.4 Å². The van der Waals surface area contributed by atoms with Crippen LogP contribution in [0.3, 0.4) is 0 Å². The van der Waals surface area contributed by atoms with E-state index in [1.54, 1.807) is 37.3 Å². The highest BCUT2D eigenvalue weighted by molar-refractivity contribution is 7.93. The lowest BCUT2D eigenvalue weighted by molar-refractivity contribution is -0.114. The number of sulfonamides is 1. The Labute approximate surface area is 189 Å². The monoisotopic (exact) mass is 452 g/mol. The standard InChI is InChI=1S/C25H28N2O4S/c1-5-20-9-11-21(12-10-20)26-25(28)17-27(22-13-6-18(2)7-14-22)32(29,30)24-16-19(3)8-15-23(24)31-4/h6-16H,5,17H2,1-4H3,(H,26,28). The summed E-state index contributed by atoms with van der Waals surface area (Å²) in [4.78, 5) is 12.9. The minimum absolute atomic E-state index is 0.0145. The molecule has 0 radical (unpaired) electrons. The van der Waals surface area contributed by atoms with Crippen LogP contribution in [0.4, 0.5) is 11.4 Å². The van der Waals surface area contributed by atoms with Gasteiger partial charge in [0.15, 0.2) is 0 Å². The van der Waals surface area contributed by atoms with Crippen molar-refractivity contribution >= 4 is 27.3 Å². The van der Waals surface area contributed by atoms with Crippen molar-refractivity contribution in [1.82, 2.24) is 0 Å². The van der Waals surface area contributed by atoms with Crippen molar-refractivity contribution in [3.63, 3.8) is 0 Å². The number of anilines is 2. The number of rotatable bonds is 8. The summed E-state index contributed by atoms with van der Waals surface area (Å²) in [6.45, 7) is 5.40. The van der Waals surface area contributed by atoms with E-state index in [0.717, 1.165) is 27.4 Å². The number of ether oxygens (including phenoxy) is 1. The number of nitrogens with one attached hydrogen (secondary N) is 1. The Bertz CT molecular complexity index is 1190. The van der Waals surface area contributed by atoms with Crippen molar-refractivity contribution < 1.29 is 17.9 Å². The molecule has 32 heavy (non-hydrogen) atoms. The average molecular weight is 453 g/mol. The van der Waals surface area contributed by atoms with E-state index in [1.165, 1.54) is 7.11 Å². The predicted octanol–water partition coefficient (Wildman–Crippen LogP) is 4.71. The van der Waals surface area contributed by atoms with Gasteiger partial charge in [0, 0.05) is 5.69 Å². The van der Waals surface area contributed by atoms with Crippen LogP contribution in [0.1, 0.15) is 23.6 Å². The lowest BCUT2D eigenvalue weighted by Gasteiger charge is -2.25. The molecule has 1 N–H and O–H groups in total. The zero-order valence-corrected chi connectivity index (χ0v) is 19.6. The normalized spacial score (nSPS) is 11.1. The van der Waals surface area contributed by atoms with Crippen molar-refractivity contribution in [3.8, 4) is 5.75 Å². The molecular weight excluding hydrogens is 424 g/mol. The van der Waals surface area contributed by atoms with Crippen molar-refractivity contribution in [2.45, 2.75) is 32.1 Å². The molecule has 3 aromatic rings. The first-order chi connectivity index (χ1) is 15.2. The molecule has 7 heteroatoms. The molecule has 0 aliphatic heterocycles. The van der Waals surface area contributed by atoms with Gasteiger partial charge in [0.05, 0.1) is 12.8 Å². The molecule has 0 aromatic heterocycles. The number of carbonyl (C=O) groups excluding carboxylic acids is 1. The molecule has 168 valence electrons. The molecule has 0 aliphatic rings. The van der Waals surface area contributed by atoms with E-state index < -0.39 is 15.9 Å². The lowest BCUT2D eigenvalue weighted by atomic mass is 10.1. The topological polar surface area (TPSA) is 75.7 Å². The molecule has 0 fully saturated rings. The van der Waals surface area contributed by atoms with E-state index in [2.05, 4.69) is 12.2 Å². The summed E-state index contributed by atoms with van der Waals surface area (Å²) in [6.07, 6.45) is 0.895. The first-order valence-corrected chi connectivity index (χ1v) is 11.8. The summed E-state index contributed by atoms with van der Waals surface area (Å²) in [7, 11) is -2.66. The Morgan fingerprint density at radius 2 is 1.56 bits per heavy atom. The van der Waals surface area contributed by atoms with E-state index >= 15 is 0 Å². The SMILES string of the molecule is CCc1ccc(NC(=O)CN(c2ccc(C)cc2)S(=O)(=O)c2cc(C)ccc2OC)cc1. The summed E-state index contributed by atoms with van der Waals surface area (Å²) in [5.74, 6) is -0.215. The van der Waals surface area contributed by atoms with E-state index in [4.69, 9.17) is 4.74 Å². The summed E-state index contributed by atoms with van der Waals surface area (Å²) in [5.41, 5.74) is 3.92. The Kier molecular flexibility index (Phi) is 7.20. The maximum Gasteiger partial charge on any atom is 0.268 e. The zero-order valence-electron chi connectivity index (χ0n) is 18.8. The van der Waals surface area contributed by atoms with E-state index in [0.29, 0.717) is 11.4 Å². The molecule has 0 spiro atoms. The third-order valence-electron chi connectivity index (χ3n) is 5.14. The fourth-order valence-corrected chi connectivity index (χ4v) is 4.95. The second-order valence-electron chi connectivity index (χ2n) is 7.60. The maximum absolute atomic E-state index is 13.7. The maximum atomic E-state index is 13.7. The van der Waals surface area contributed by atoms with Gasteiger partial charge in [-0.25, -0.2) is 8.42 Å². The second kappa shape index (κ2) is 9.87. The van der Waals surface area contributed by atoms with Gasteiger partial charge in [-0.05, 0) is 67.8 Å². The Hall–Kier alpha value is -3.32. The van der Waals surface area contributed by atoms with Gasteiger partial charge >= 0.3 is 0 Å². The summed E-state index contributed by atoms with van der Waals surface area (Å²) >= 11 is 0. The molecule has 0 atom stereocenters. The number of benzene rings is 3. The van der Waals surface area contributed by atoms with Crippen LogP contribution < -0.4 is 14.4 Å². The van der Waals surface area contributed by atoms with Gasteiger partial charge < -0.3 is 10.1 Å². The number of aryl methyl sites for hydroxylation is 3. The third-order valence-corrected chi connectivity index (χ3v) is 6.94. The average Bonchev–Trinajstić information content (AvgIpc) is 2.78. The Morgan fingerprint density at radius 3 is 2.16 bits per heavy atom. The van der Waals surface area contributed by atoms with E-state index in [1.807, 2.05) is 43.3 Å². The molecule has 0 bridgehead atoms. The molecule has 3 rings (SSSR count). The minimum Gasteiger partial charge on any atom is -0.495 e. The van der Waals surface area contributed by atoms with Gasteiger partial charge in [0.25, 0.3) is 10.0 Å². The molecule has 0 heterocycles. The Balaban J connectivity index is 1.97. The number of methoxy groups -OCH3 is 1. The van der Waals surface area contributed by atoms with Crippen molar-refractivity contribution in [2.24, 2.45) is 0 Å². The first-order valence-electron chi connectivity index (χ1n) is 10.4. The van der Waals surface area contributed by atoms with Gasteiger partial charge in [-0.3, -0.25) is 9.10 Å². The van der Waals surface area contributed by atoms with Crippen molar-refractivity contribution in [2.75, 3.05) is 23.3 Å². The highest BCUT2D eigenvalue weighted by atomic mass is 32.2. The van der Waals surface area contributed by atoms with E-state index in [-0.39, 0.29) is 17.2 Å². The number of nitrogens with zero attached hydrogens (tertiary/aromatic N) is 1. The fraction of sp³-hybridized carbons (Fsp3) is 0.240. The first kappa shape index (κ1) is 23.3. The van der Waals surface area contributed by atoms with Crippen molar-refractivity contribution in [1.29, 1.82) is 0 Å². The molecule has 0 aliphatic carbocycles. The molecular formula is C25H28N2O4S. The van der Waals surface area contributed by atoms with Crippen LogP contribution in [-0.2, 0) is 21.2 Å². The highest BCUT2D eigenvalue weighted by Gasteiger charge is 2.30. The summed E-state index contributed by atoms with van der Waals surface area (Å²) in [5, 5.41) is 2.79. The van der Waals surface area contributed by atoms with Gasteiger partial charge in [-0.15, -0.1) is 0 Å². The van der Waals surface area contributed by atoms with Gasteiger partial charge in [0.2, 0.25) is 5.91 Å². The number of amides is 1. The van der Waals surface area contributed by atoms with Crippen LogP contribution >= 0.6 is 0 Å². The van der Waals surface area contributed by atoms with Crippen LogP contribution in [0.5, 0.6) is 5.75 Å². The third kappa shape index (κ3) is 5.29. The molecule has 0 saturated carbocycles. The van der Waals surface area contributed by atoms with Crippen LogP contribution in [0, 0.1) is 13.8 Å². The van der Waals surface area contributed by atoms with Crippen LogP contribution in [-0.4, -0.2) is 28.0 Å². The summed E-state index contributed by atoms with van der Waals surface area (Å²) < 4.78 is 33.8.